The predicted molar refractivity (Wildman–Crippen MR) is 68.1 cm³/mol. The second-order valence-electron chi connectivity index (χ2n) is 4.51. The molecule has 100 valence electrons. The Hall–Kier alpha value is -1.26. The molecule has 1 saturated carbocycles. The second-order valence-corrected chi connectivity index (χ2v) is 4.51. The van der Waals surface area contributed by atoms with Crippen LogP contribution in [0.3, 0.4) is 0 Å². The van der Waals surface area contributed by atoms with Gasteiger partial charge in [0.05, 0.1) is 26.9 Å². The lowest BCUT2D eigenvalue weighted by Gasteiger charge is -2.27. The molecule has 1 fully saturated rings. The Labute approximate surface area is 107 Å². The number of aliphatic hydroxyl groups is 1. The van der Waals surface area contributed by atoms with Gasteiger partial charge in [-0.15, -0.1) is 0 Å². The van der Waals surface area contributed by atoms with E-state index >= 15 is 0 Å². The van der Waals surface area contributed by atoms with Crippen LogP contribution in [0.4, 0.5) is 0 Å². The van der Waals surface area contributed by atoms with Crippen molar-refractivity contribution in [3.05, 3.63) is 23.8 Å². The van der Waals surface area contributed by atoms with Crippen molar-refractivity contribution in [3.63, 3.8) is 0 Å². The lowest BCUT2D eigenvalue weighted by Crippen LogP contribution is -2.24. The van der Waals surface area contributed by atoms with Crippen molar-refractivity contribution < 1.29 is 19.3 Å². The molecule has 1 atom stereocenters. The Morgan fingerprint density at radius 2 is 2.06 bits per heavy atom. The third-order valence-corrected chi connectivity index (χ3v) is 3.34. The number of methoxy groups -OCH3 is 2. The Kier molecular flexibility index (Phi) is 4.44. The molecule has 4 nitrogen and oxygen atoms in total. The van der Waals surface area contributed by atoms with Crippen molar-refractivity contribution in [1.82, 2.24) is 0 Å². The molecule has 2 rings (SSSR count). The van der Waals surface area contributed by atoms with Crippen LogP contribution < -0.4 is 9.47 Å². The van der Waals surface area contributed by atoms with E-state index in [4.69, 9.17) is 14.2 Å². The van der Waals surface area contributed by atoms with Gasteiger partial charge in [-0.05, 0) is 37.5 Å². The van der Waals surface area contributed by atoms with Gasteiger partial charge in [0.1, 0.15) is 17.6 Å². The maximum absolute atomic E-state index is 10.2. The summed E-state index contributed by atoms with van der Waals surface area (Å²) in [6.45, 7) is 0.300. The van der Waals surface area contributed by atoms with E-state index in [0.717, 1.165) is 12.8 Å². The molecule has 1 aromatic rings. The molecule has 1 aliphatic rings. The minimum Gasteiger partial charge on any atom is -0.497 e. The summed E-state index contributed by atoms with van der Waals surface area (Å²) in [6, 6.07) is 5.39. The third kappa shape index (κ3) is 2.94. The van der Waals surface area contributed by atoms with Gasteiger partial charge in [0.15, 0.2) is 0 Å². The first-order chi connectivity index (χ1) is 8.74. The Balaban J connectivity index is 2.03. The summed E-state index contributed by atoms with van der Waals surface area (Å²) in [7, 11) is 3.19. The van der Waals surface area contributed by atoms with E-state index in [9.17, 15) is 5.11 Å². The molecule has 1 N–H and O–H groups in total. The molecule has 1 aromatic carbocycles. The fraction of sp³-hybridized carbons (Fsp3) is 0.571. The van der Waals surface area contributed by atoms with Gasteiger partial charge in [-0.25, -0.2) is 0 Å². The first-order valence-electron chi connectivity index (χ1n) is 6.26. The number of rotatable bonds is 6. The Morgan fingerprint density at radius 1 is 1.28 bits per heavy atom. The summed E-state index contributed by atoms with van der Waals surface area (Å²) in [6.07, 6.45) is 3.06. The molecule has 0 radical (unpaired) electrons. The van der Waals surface area contributed by atoms with Crippen molar-refractivity contribution in [2.24, 2.45) is 0 Å². The Morgan fingerprint density at radius 3 is 2.61 bits per heavy atom. The Bertz CT molecular complexity index is 387. The first-order valence-corrected chi connectivity index (χ1v) is 6.26. The van der Waals surface area contributed by atoms with Gasteiger partial charge in [-0.2, -0.15) is 0 Å². The van der Waals surface area contributed by atoms with E-state index in [1.165, 1.54) is 6.42 Å². The summed E-state index contributed by atoms with van der Waals surface area (Å²) in [5.74, 6) is 1.36. The highest BCUT2D eigenvalue weighted by Gasteiger charge is 2.21. The topological polar surface area (TPSA) is 47.9 Å². The van der Waals surface area contributed by atoms with Crippen molar-refractivity contribution in [2.45, 2.75) is 31.5 Å². The van der Waals surface area contributed by atoms with Crippen LogP contribution in [0.25, 0.3) is 0 Å². The summed E-state index contributed by atoms with van der Waals surface area (Å²) in [4.78, 5) is 0. The molecular weight excluding hydrogens is 232 g/mol. The molecule has 0 heterocycles. The van der Waals surface area contributed by atoms with E-state index in [-0.39, 0.29) is 0 Å². The number of hydrogen-bond acceptors (Lipinski definition) is 4. The van der Waals surface area contributed by atoms with Crippen LogP contribution in [0.5, 0.6) is 11.5 Å². The average Bonchev–Trinajstić information content (AvgIpc) is 2.35. The minimum absolute atomic E-state index is 0.300. The van der Waals surface area contributed by atoms with Crippen molar-refractivity contribution in [3.8, 4) is 11.5 Å². The fourth-order valence-corrected chi connectivity index (χ4v) is 1.95. The number of benzene rings is 1. The summed E-state index contributed by atoms with van der Waals surface area (Å²) >= 11 is 0. The maximum atomic E-state index is 10.2. The highest BCUT2D eigenvalue weighted by Crippen LogP contribution is 2.31. The highest BCUT2D eigenvalue weighted by molar-refractivity contribution is 5.41. The molecule has 18 heavy (non-hydrogen) atoms. The van der Waals surface area contributed by atoms with Crippen LogP contribution in [0.1, 0.15) is 30.9 Å². The third-order valence-electron chi connectivity index (χ3n) is 3.34. The second kappa shape index (κ2) is 6.07. The minimum atomic E-state index is -0.685. The van der Waals surface area contributed by atoms with Gasteiger partial charge in [-0.3, -0.25) is 0 Å². The summed E-state index contributed by atoms with van der Waals surface area (Å²) < 4.78 is 16.0. The first kappa shape index (κ1) is 13.2. The van der Waals surface area contributed by atoms with E-state index in [2.05, 4.69) is 0 Å². The van der Waals surface area contributed by atoms with E-state index in [1.807, 2.05) is 6.07 Å². The molecule has 1 unspecified atom stereocenters. The molecule has 0 aliphatic heterocycles. The van der Waals surface area contributed by atoms with Crippen LogP contribution in [-0.4, -0.2) is 32.0 Å². The monoisotopic (exact) mass is 252 g/mol. The summed E-state index contributed by atoms with van der Waals surface area (Å²) in [5.41, 5.74) is 0.705. The van der Waals surface area contributed by atoms with Gasteiger partial charge in [0.2, 0.25) is 0 Å². The van der Waals surface area contributed by atoms with Crippen LogP contribution in [0, 0.1) is 0 Å². The van der Waals surface area contributed by atoms with Gasteiger partial charge >= 0.3 is 0 Å². The highest BCUT2D eigenvalue weighted by atomic mass is 16.5. The molecule has 0 saturated heterocycles. The van der Waals surface area contributed by atoms with E-state index in [1.54, 1.807) is 26.4 Å². The molecule has 1 aliphatic carbocycles. The lowest BCUT2D eigenvalue weighted by molar-refractivity contribution is -0.0431. The molecule has 0 bridgehead atoms. The largest absolute Gasteiger partial charge is 0.497 e. The van der Waals surface area contributed by atoms with E-state index in [0.29, 0.717) is 29.8 Å². The van der Waals surface area contributed by atoms with Gasteiger partial charge in [0.25, 0.3) is 0 Å². The molecule has 4 heteroatoms. The average molecular weight is 252 g/mol. The van der Waals surface area contributed by atoms with Crippen molar-refractivity contribution in [2.75, 3.05) is 20.8 Å². The molecule has 0 amide bonds. The van der Waals surface area contributed by atoms with Gasteiger partial charge < -0.3 is 19.3 Å². The molecule has 0 aromatic heterocycles. The molecular formula is C14H20O4. The summed E-state index contributed by atoms with van der Waals surface area (Å²) in [5, 5.41) is 10.2. The van der Waals surface area contributed by atoms with Crippen LogP contribution >= 0.6 is 0 Å². The zero-order valence-electron chi connectivity index (χ0n) is 10.9. The zero-order chi connectivity index (χ0) is 13.0. The van der Waals surface area contributed by atoms with Crippen LogP contribution in [-0.2, 0) is 4.74 Å². The number of ether oxygens (including phenoxy) is 3. The normalized spacial score (nSPS) is 17.1. The lowest BCUT2D eigenvalue weighted by atomic mass is 9.96. The quantitative estimate of drug-likeness (QED) is 0.844. The maximum Gasteiger partial charge on any atom is 0.125 e. The zero-order valence-corrected chi connectivity index (χ0v) is 10.9. The predicted octanol–water partition coefficient (Wildman–Crippen LogP) is 2.31. The number of hydrogen-bond donors (Lipinski definition) is 1. The van der Waals surface area contributed by atoms with Gasteiger partial charge in [0, 0.05) is 5.56 Å². The van der Waals surface area contributed by atoms with Crippen molar-refractivity contribution >= 4 is 0 Å². The standard InChI is InChI=1S/C14H20O4/c1-16-11-6-7-14(17-2)12(8-11)13(15)9-18-10-4-3-5-10/h6-8,10,13,15H,3-5,9H2,1-2H3. The van der Waals surface area contributed by atoms with Crippen LogP contribution in [0.2, 0.25) is 0 Å². The SMILES string of the molecule is COc1ccc(OC)c(C(O)COC2CCC2)c1. The molecule has 0 spiro atoms. The van der Waals surface area contributed by atoms with Gasteiger partial charge in [-0.1, -0.05) is 0 Å². The smallest absolute Gasteiger partial charge is 0.125 e. The number of aliphatic hydroxyl groups excluding tert-OH is 1. The fourth-order valence-electron chi connectivity index (χ4n) is 1.95. The van der Waals surface area contributed by atoms with E-state index < -0.39 is 6.10 Å². The van der Waals surface area contributed by atoms with Crippen molar-refractivity contribution in [1.29, 1.82) is 0 Å². The van der Waals surface area contributed by atoms with Crippen LogP contribution in [0.15, 0.2) is 18.2 Å².